The van der Waals surface area contributed by atoms with Gasteiger partial charge in [0.2, 0.25) is 11.8 Å². The third-order valence-electron chi connectivity index (χ3n) is 2.92. The Labute approximate surface area is 118 Å². The average Bonchev–Trinajstić information content (AvgIpc) is 2.80. The maximum absolute atomic E-state index is 11.6. The summed E-state index contributed by atoms with van der Waals surface area (Å²) in [4.78, 5) is 23.1. The molecule has 1 rings (SSSR count). The molecular formula is C13H23N5O2. The molecule has 1 aromatic heterocycles. The molecule has 2 amide bonds. The molecular weight excluding hydrogens is 258 g/mol. The monoisotopic (exact) mass is 281 g/mol. The van der Waals surface area contributed by atoms with Crippen LogP contribution in [0.2, 0.25) is 0 Å². The molecule has 1 atom stereocenters. The Morgan fingerprint density at radius 3 is 2.65 bits per heavy atom. The zero-order valence-electron chi connectivity index (χ0n) is 12.2. The highest BCUT2D eigenvalue weighted by Crippen LogP contribution is 1.97. The third-order valence-corrected chi connectivity index (χ3v) is 2.92. The number of rotatable bonds is 7. The average molecular weight is 281 g/mol. The highest BCUT2D eigenvalue weighted by atomic mass is 16.2. The van der Waals surface area contributed by atoms with Crippen molar-refractivity contribution in [2.45, 2.75) is 26.3 Å². The lowest BCUT2D eigenvalue weighted by Gasteiger charge is -2.15. The first-order valence-corrected chi connectivity index (χ1v) is 6.68. The van der Waals surface area contributed by atoms with Gasteiger partial charge in [-0.1, -0.05) is 13.8 Å². The minimum absolute atomic E-state index is 0.0437. The van der Waals surface area contributed by atoms with Gasteiger partial charge >= 0.3 is 0 Å². The number of hydrogen-bond acceptors (Lipinski definition) is 4. The van der Waals surface area contributed by atoms with Gasteiger partial charge in [-0.15, -0.1) is 0 Å². The molecule has 7 nitrogen and oxygen atoms in total. The molecule has 0 saturated carbocycles. The van der Waals surface area contributed by atoms with E-state index in [1.165, 1.54) is 0 Å². The van der Waals surface area contributed by atoms with Crippen LogP contribution in [0, 0.1) is 5.92 Å². The largest absolute Gasteiger partial charge is 0.354 e. The van der Waals surface area contributed by atoms with Gasteiger partial charge in [0.15, 0.2) is 0 Å². The molecule has 0 fully saturated rings. The Balaban J connectivity index is 2.19. The Bertz CT molecular complexity index is 455. The van der Waals surface area contributed by atoms with E-state index in [1.54, 1.807) is 4.68 Å². The molecule has 0 spiro atoms. The van der Waals surface area contributed by atoms with E-state index >= 15 is 0 Å². The third kappa shape index (κ3) is 5.40. The summed E-state index contributed by atoms with van der Waals surface area (Å²) < 4.78 is 1.71. The van der Waals surface area contributed by atoms with Crippen LogP contribution in [-0.4, -0.2) is 40.7 Å². The molecule has 112 valence electrons. The zero-order valence-corrected chi connectivity index (χ0v) is 12.2. The van der Waals surface area contributed by atoms with E-state index in [0.29, 0.717) is 13.0 Å². The van der Waals surface area contributed by atoms with E-state index in [-0.39, 0.29) is 24.3 Å². The number of aryl methyl sites for hydroxylation is 1. The van der Waals surface area contributed by atoms with E-state index < -0.39 is 6.04 Å². The van der Waals surface area contributed by atoms with E-state index in [2.05, 4.69) is 15.7 Å². The second kappa shape index (κ2) is 7.64. The standard InChI is InChI=1S/C13H23N5O2/c1-9(2)12(14)13(20)16-8-11(19)15-6-4-10-5-7-18(3)17-10/h5,7,9,12H,4,6,8,14H2,1-3H3,(H,15,19)(H,16,20)/t12-/m0/s1. The summed E-state index contributed by atoms with van der Waals surface area (Å²) in [6, 6.07) is 1.31. The van der Waals surface area contributed by atoms with Crippen LogP contribution in [0.4, 0.5) is 0 Å². The van der Waals surface area contributed by atoms with Gasteiger partial charge in [-0.2, -0.15) is 5.10 Å². The van der Waals surface area contributed by atoms with Crippen molar-refractivity contribution in [3.8, 4) is 0 Å². The maximum Gasteiger partial charge on any atom is 0.239 e. The van der Waals surface area contributed by atoms with Crippen LogP contribution in [0.15, 0.2) is 12.3 Å². The summed E-state index contributed by atoms with van der Waals surface area (Å²) >= 11 is 0. The van der Waals surface area contributed by atoms with Crippen molar-refractivity contribution in [2.75, 3.05) is 13.1 Å². The van der Waals surface area contributed by atoms with Crippen LogP contribution in [0.25, 0.3) is 0 Å². The molecule has 0 aliphatic carbocycles. The molecule has 0 aliphatic heterocycles. The van der Waals surface area contributed by atoms with Crippen LogP contribution in [0.5, 0.6) is 0 Å². The van der Waals surface area contributed by atoms with Crippen LogP contribution >= 0.6 is 0 Å². The van der Waals surface area contributed by atoms with Crippen molar-refractivity contribution in [1.82, 2.24) is 20.4 Å². The predicted molar refractivity (Wildman–Crippen MR) is 75.7 cm³/mol. The Morgan fingerprint density at radius 2 is 2.10 bits per heavy atom. The zero-order chi connectivity index (χ0) is 15.1. The van der Waals surface area contributed by atoms with Crippen LogP contribution in [0.1, 0.15) is 19.5 Å². The fourth-order valence-corrected chi connectivity index (χ4v) is 1.58. The van der Waals surface area contributed by atoms with Gasteiger partial charge in [0.25, 0.3) is 0 Å². The molecule has 0 aliphatic rings. The van der Waals surface area contributed by atoms with Crippen molar-refractivity contribution in [1.29, 1.82) is 0 Å². The molecule has 1 heterocycles. The summed E-state index contributed by atoms with van der Waals surface area (Å²) in [6.45, 7) is 4.15. The smallest absolute Gasteiger partial charge is 0.239 e. The molecule has 0 unspecified atom stereocenters. The summed E-state index contributed by atoms with van der Waals surface area (Å²) in [6.07, 6.45) is 2.51. The number of aromatic nitrogens is 2. The molecule has 0 saturated heterocycles. The second-order valence-corrected chi connectivity index (χ2v) is 5.07. The van der Waals surface area contributed by atoms with E-state index in [0.717, 1.165) is 5.69 Å². The summed E-state index contributed by atoms with van der Waals surface area (Å²) in [5.41, 5.74) is 6.59. The molecule has 7 heteroatoms. The normalized spacial score (nSPS) is 12.2. The van der Waals surface area contributed by atoms with Crippen molar-refractivity contribution in [3.05, 3.63) is 18.0 Å². The first kappa shape index (κ1) is 16.2. The summed E-state index contributed by atoms with van der Waals surface area (Å²) in [7, 11) is 1.84. The van der Waals surface area contributed by atoms with E-state index in [9.17, 15) is 9.59 Å². The predicted octanol–water partition coefficient (Wildman–Crippen LogP) is -0.822. The quantitative estimate of drug-likeness (QED) is 0.607. The van der Waals surface area contributed by atoms with Crippen LogP contribution in [0.3, 0.4) is 0 Å². The number of nitrogens with zero attached hydrogens (tertiary/aromatic N) is 2. The van der Waals surface area contributed by atoms with Gasteiger partial charge in [0, 0.05) is 26.2 Å². The molecule has 0 radical (unpaired) electrons. The fraction of sp³-hybridized carbons (Fsp3) is 0.615. The maximum atomic E-state index is 11.6. The lowest BCUT2D eigenvalue weighted by molar-refractivity contribution is -0.127. The van der Waals surface area contributed by atoms with Gasteiger partial charge in [-0.3, -0.25) is 14.3 Å². The molecule has 1 aromatic rings. The number of carbonyl (C=O) groups is 2. The van der Waals surface area contributed by atoms with Gasteiger partial charge in [0.1, 0.15) is 0 Å². The molecule has 0 bridgehead atoms. The van der Waals surface area contributed by atoms with Crippen molar-refractivity contribution >= 4 is 11.8 Å². The Kier molecular flexibility index (Phi) is 6.17. The Hall–Kier alpha value is -1.89. The summed E-state index contributed by atoms with van der Waals surface area (Å²) in [5.74, 6) is -0.493. The SMILES string of the molecule is CC(C)[C@H](N)C(=O)NCC(=O)NCCc1ccn(C)n1. The van der Waals surface area contributed by atoms with Crippen LogP contribution in [-0.2, 0) is 23.1 Å². The van der Waals surface area contributed by atoms with Gasteiger partial charge in [-0.05, 0) is 12.0 Å². The second-order valence-electron chi connectivity index (χ2n) is 5.07. The minimum Gasteiger partial charge on any atom is -0.354 e. The van der Waals surface area contributed by atoms with E-state index in [1.807, 2.05) is 33.2 Å². The Morgan fingerprint density at radius 1 is 1.40 bits per heavy atom. The molecule has 4 N–H and O–H groups in total. The highest BCUT2D eigenvalue weighted by Gasteiger charge is 2.17. The fourth-order valence-electron chi connectivity index (χ4n) is 1.58. The van der Waals surface area contributed by atoms with Gasteiger partial charge in [-0.25, -0.2) is 0 Å². The number of carbonyl (C=O) groups excluding carboxylic acids is 2. The number of hydrogen-bond donors (Lipinski definition) is 3. The molecule has 20 heavy (non-hydrogen) atoms. The first-order valence-electron chi connectivity index (χ1n) is 6.68. The van der Waals surface area contributed by atoms with Crippen molar-refractivity contribution < 1.29 is 9.59 Å². The lowest BCUT2D eigenvalue weighted by Crippen LogP contribution is -2.47. The highest BCUT2D eigenvalue weighted by molar-refractivity contribution is 5.87. The van der Waals surface area contributed by atoms with Gasteiger partial charge in [0.05, 0.1) is 18.3 Å². The molecule has 0 aromatic carbocycles. The number of amides is 2. The van der Waals surface area contributed by atoms with Crippen molar-refractivity contribution in [2.24, 2.45) is 18.7 Å². The first-order chi connectivity index (χ1) is 9.40. The lowest BCUT2D eigenvalue weighted by atomic mass is 10.1. The van der Waals surface area contributed by atoms with Gasteiger partial charge < -0.3 is 16.4 Å². The van der Waals surface area contributed by atoms with Crippen LogP contribution < -0.4 is 16.4 Å². The topological polar surface area (TPSA) is 102 Å². The van der Waals surface area contributed by atoms with E-state index in [4.69, 9.17) is 5.73 Å². The minimum atomic E-state index is -0.587. The van der Waals surface area contributed by atoms with Crippen molar-refractivity contribution in [3.63, 3.8) is 0 Å². The summed E-state index contributed by atoms with van der Waals surface area (Å²) in [5, 5.41) is 9.44. The number of nitrogens with two attached hydrogens (primary N) is 1. The number of nitrogens with one attached hydrogen (secondary N) is 2.